The normalized spacial score (nSPS) is 14.7. The van der Waals surface area contributed by atoms with Gasteiger partial charge in [-0.15, -0.1) is 0 Å². The smallest absolute Gasteiger partial charge is 0.324 e. The van der Waals surface area contributed by atoms with Gasteiger partial charge in [-0.2, -0.15) is 26.3 Å². The molecule has 5 nitrogen and oxygen atoms in total. The monoisotopic (exact) mass is 435 g/mol. The van der Waals surface area contributed by atoms with E-state index in [1.807, 2.05) is 0 Å². The zero-order valence-corrected chi connectivity index (χ0v) is 14.3. The lowest BCUT2D eigenvalue weighted by molar-refractivity contribution is -0.348. The van der Waals surface area contributed by atoms with Crippen molar-refractivity contribution in [3.8, 4) is 0 Å². The molecule has 1 heterocycles. The van der Waals surface area contributed by atoms with Gasteiger partial charge in [-0.05, 0) is 24.3 Å². The first kappa shape index (κ1) is 21.3. The minimum atomic E-state index is -6.31. The molecule has 0 aliphatic carbocycles. The van der Waals surface area contributed by atoms with Gasteiger partial charge >= 0.3 is 24.0 Å². The topological polar surface area (TPSA) is 63.7 Å². The van der Waals surface area contributed by atoms with Crippen molar-refractivity contribution < 1.29 is 50.0 Å². The maximum Gasteiger partial charge on any atom is 0.435 e. The summed E-state index contributed by atoms with van der Waals surface area (Å²) in [6.45, 7) is 0. The Morgan fingerprint density at radius 1 is 0.733 bits per heavy atom. The lowest BCUT2D eigenvalue weighted by Crippen LogP contribution is -2.50. The molecule has 0 fully saturated rings. The Bertz CT molecular complexity index is 979. The van der Waals surface area contributed by atoms with E-state index in [2.05, 4.69) is 4.84 Å². The van der Waals surface area contributed by atoms with Crippen molar-refractivity contribution in [3.63, 3.8) is 0 Å². The number of rotatable bonds is 3. The first-order chi connectivity index (χ1) is 13.8. The van der Waals surface area contributed by atoms with Crippen molar-refractivity contribution in [2.24, 2.45) is 0 Å². The number of hydrogen-bond acceptors (Lipinski definition) is 4. The molecule has 0 atom stereocenters. The number of carbonyl (C=O) groups excluding carboxylic acids is 3. The zero-order chi connectivity index (χ0) is 22.5. The second-order valence-electron chi connectivity index (χ2n) is 6.06. The van der Waals surface area contributed by atoms with Crippen LogP contribution in [0.15, 0.2) is 48.5 Å². The standard InChI is InChI=1S/C18H8F7NO4/c19-16(17(20,21)22,18(23,24)25)10-7-5-9(6-8-10)15(29)30-26-13(27)11-3-1-2-4-12(11)14(26)28/h1-8H. The molecule has 0 bridgehead atoms. The molecule has 0 saturated heterocycles. The largest absolute Gasteiger partial charge is 0.435 e. The van der Waals surface area contributed by atoms with Crippen LogP contribution in [-0.4, -0.2) is 35.2 Å². The molecule has 1 aliphatic rings. The van der Waals surface area contributed by atoms with Crippen molar-refractivity contribution in [1.82, 2.24) is 5.06 Å². The highest BCUT2D eigenvalue weighted by Gasteiger charge is 2.73. The van der Waals surface area contributed by atoms with E-state index >= 15 is 0 Å². The van der Waals surface area contributed by atoms with Crippen LogP contribution in [0.5, 0.6) is 0 Å². The Morgan fingerprint density at radius 2 is 1.17 bits per heavy atom. The highest BCUT2D eigenvalue weighted by Crippen LogP contribution is 2.53. The molecule has 158 valence electrons. The third kappa shape index (κ3) is 3.17. The van der Waals surface area contributed by atoms with Gasteiger partial charge in [0.1, 0.15) is 0 Å². The van der Waals surface area contributed by atoms with Gasteiger partial charge in [0.2, 0.25) is 0 Å². The SMILES string of the molecule is O=C(ON1C(=O)c2ccccc2C1=O)c1ccc(C(F)(C(F)(F)F)C(F)(F)F)cc1. The number of fused-ring (bicyclic) bond motifs is 1. The quantitative estimate of drug-likeness (QED) is 0.532. The second-order valence-corrected chi connectivity index (χ2v) is 6.06. The van der Waals surface area contributed by atoms with Gasteiger partial charge in [0.15, 0.2) is 0 Å². The van der Waals surface area contributed by atoms with Gasteiger partial charge in [-0.25, -0.2) is 9.18 Å². The Balaban J connectivity index is 1.85. The molecule has 0 spiro atoms. The van der Waals surface area contributed by atoms with E-state index in [1.165, 1.54) is 24.3 Å². The summed E-state index contributed by atoms with van der Waals surface area (Å²) >= 11 is 0. The zero-order valence-electron chi connectivity index (χ0n) is 14.3. The molecule has 30 heavy (non-hydrogen) atoms. The average Bonchev–Trinajstić information content (AvgIpc) is 2.91. The lowest BCUT2D eigenvalue weighted by atomic mass is 9.93. The van der Waals surface area contributed by atoms with E-state index in [1.54, 1.807) is 0 Å². The lowest BCUT2D eigenvalue weighted by Gasteiger charge is -2.30. The number of amides is 2. The molecule has 3 rings (SSSR count). The van der Waals surface area contributed by atoms with E-state index in [0.29, 0.717) is 12.1 Å². The summed E-state index contributed by atoms with van der Waals surface area (Å²) < 4.78 is 90.6. The van der Waals surface area contributed by atoms with Crippen molar-refractivity contribution in [2.75, 3.05) is 0 Å². The molecule has 0 saturated carbocycles. The molecule has 2 aromatic rings. The van der Waals surface area contributed by atoms with Crippen LogP contribution in [0.3, 0.4) is 0 Å². The molecule has 2 amide bonds. The molecule has 2 aromatic carbocycles. The average molecular weight is 435 g/mol. The predicted molar refractivity (Wildman–Crippen MR) is 83.7 cm³/mol. The van der Waals surface area contributed by atoms with Gasteiger partial charge in [-0.1, -0.05) is 29.3 Å². The Kier molecular flexibility index (Phi) is 4.83. The van der Waals surface area contributed by atoms with Crippen LogP contribution in [-0.2, 0) is 10.5 Å². The number of nitrogens with zero attached hydrogens (tertiary/aromatic N) is 1. The van der Waals surface area contributed by atoms with Crippen LogP contribution in [0.4, 0.5) is 30.7 Å². The van der Waals surface area contributed by atoms with Gasteiger partial charge in [0, 0.05) is 5.56 Å². The van der Waals surface area contributed by atoms with Crippen molar-refractivity contribution in [3.05, 3.63) is 70.8 Å². The molecule has 0 unspecified atom stereocenters. The maximum atomic E-state index is 14.0. The van der Waals surface area contributed by atoms with E-state index in [9.17, 15) is 45.1 Å². The molecule has 0 aromatic heterocycles. The molecule has 0 radical (unpaired) electrons. The van der Waals surface area contributed by atoms with Crippen molar-refractivity contribution in [1.29, 1.82) is 0 Å². The fourth-order valence-corrected chi connectivity index (χ4v) is 2.71. The van der Waals surface area contributed by atoms with Crippen LogP contribution in [0, 0.1) is 0 Å². The summed E-state index contributed by atoms with van der Waals surface area (Å²) in [6.07, 6.45) is -12.6. The number of benzene rings is 2. The summed E-state index contributed by atoms with van der Waals surface area (Å²) in [5.74, 6) is -3.41. The summed E-state index contributed by atoms with van der Waals surface area (Å²) in [7, 11) is 0. The first-order valence-electron chi connectivity index (χ1n) is 7.92. The van der Waals surface area contributed by atoms with Crippen LogP contribution in [0.2, 0.25) is 0 Å². The second kappa shape index (κ2) is 6.82. The predicted octanol–water partition coefficient (Wildman–Crippen LogP) is 4.34. The highest BCUT2D eigenvalue weighted by atomic mass is 19.4. The highest BCUT2D eigenvalue weighted by molar-refractivity contribution is 6.21. The number of hydrogen-bond donors (Lipinski definition) is 0. The van der Waals surface area contributed by atoms with Crippen LogP contribution in [0.1, 0.15) is 36.6 Å². The van der Waals surface area contributed by atoms with Crippen LogP contribution in [0.25, 0.3) is 0 Å². The molecule has 0 N–H and O–H groups in total. The Labute approximate surface area is 162 Å². The number of halogens is 7. The summed E-state index contributed by atoms with van der Waals surface area (Å²) in [5, 5.41) is 0.103. The Morgan fingerprint density at radius 3 is 1.57 bits per heavy atom. The first-order valence-corrected chi connectivity index (χ1v) is 7.92. The van der Waals surface area contributed by atoms with E-state index in [-0.39, 0.29) is 28.3 Å². The van der Waals surface area contributed by atoms with Crippen LogP contribution < -0.4 is 0 Å². The fourth-order valence-electron chi connectivity index (χ4n) is 2.71. The van der Waals surface area contributed by atoms with E-state index < -0.39 is 46.9 Å². The Hall–Kier alpha value is -3.44. The maximum absolute atomic E-state index is 14.0. The fraction of sp³-hybridized carbons (Fsp3) is 0.167. The minimum absolute atomic E-state index is 0.0665. The van der Waals surface area contributed by atoms with Gasteiger partial charge in [-0.3, -0.25) is 9.59 Å². The molecule has 12 heteroatoms. The van der Waals surface area contributed by atoms with E-state index in [4.69, 9.17) is 0 Å². The van der Waals surface area contributed by atoms with Gasteiger partial charge < -0.3 is 4.84 Å². The molecule has 1 aliphatic heterocycles. The van der Waals surface area contributed by atoms with Crippen LogP contribution >= 0.6 is 0 Å². The molecular formula is C18H8F7NO4. The van der Waals surface area contributed by atoms with Gasteiger partial charge in [0.05, 0.1) is 16.7 Å². The number of imide groups is 1. The van der Waals surface area contributed by atoms with E-state index in [0.717, 1.165) is 0 Å². The number of carbonyl (C=O) groups is 3. The molecular weight excluding hydrogens is 427 g/mol. The summed E-state index contributed by atoms with van der Waals surface area (Å²) in [4.78, 5) is 40.9. The third-order valence-electron chi connectivity index (χ3n) is 4.23. The minimum Gasteiger partial charge on any atom is -0.324 e. The summed E-state index contributed by atoms with van der Waals surface area (Å²) in [5.41, 5.74) is -8.22. The third-order valence-corrected chi connectivity index (χ3v) is 4.23. The van der Waals surface area contributed by atoms with Crippen molar-refractivity contribution >= 4 is 17.8 Å². The summed E-state index contributed by atoms with van der Waals surface area (Å²) in [6, 6.07) is 6.57. The number of hydroxylamine groups is 2. The number of alkyl halides is 7. The van der Waals surface area contributed by atoms with Gasteiger partial charge in [0.25, 0.3) is 11.8 Å². The van der Waals surface area contributed by atoms with Crippen molar-refractivity contribution in [2.45, 2.75) is 18.0 Å².